The Morgan fingerprint density at radius 1 is 1.22 bits per heavy atom. The summed E-state index contributed by atoms with van der Waals surface area (Å²) >= 11 is 0. The fourth-order valence-corrected chi connectivity index (χ4v) is 1.62. The van der Waals surface area contributed by atoms with E-state index in [1.165, 1.54) is 6.07 Å². The van der Waals surface area contributed by atoms with Gasteiger partial charge < -0.3 is 14.5 Å². The molecule has 94 valence electrons. The maximum atomic E-state index is 11.5. The van der Waals surface area contributed by atoms with Crippen LogP contribution in [-0.2, 0) is 11.3 Å². The molecule has 1 N–H and O–H groups in total. The van der Waals surface area contributed by atoms with Crippen molar-refractivity contribution in [3.8, 4) is 17.1 Å². The minimum absolute atomic E-state index is 0.192. The van der Waals surface area contributed by atoms with Crippen LogP contribution < -0.4 is 10.3 Å². The summed E-state index contributed by atoms with van der Waals surface area (Å²) in [6.07, 6.45) is 0. The van der Waals surface area contributed by atoms with Crippen molar-refractivity contribution in [3.63, 3.8) is 0 Å². The summed E-state index contributed by atoms with van der Waals surface area (Å²) in [4.78, 5) is 18.5. The highest BCUT2D eigenvalue weighted by Crippen LogP contribution is 2.18. The molecule has 0 atom stereocenters. The number of methoxy groups -OCH3 is 2. The van der Waals surface area contributed by atoms with Gasteiger partial charge in [0.1, 0.15) is 11.6 Å². The first kappa shape index (κ1) is 12.3. The lowest BCUT2D eigenvalue weighted by Gasteiger charge is -2.05. The number of aromatic amines is 1. The second-order valence-corrected chi connectivity index (χ2v) is 3.75. The number of hydrogen-bond acceptors (Lipinski definition) is 4. The van der Waals surface area contributed by atoms with Crippen LogP contribution in [0.5, 0.6) is 5.75 Å². The summed E-state index contributed by atoms with van der Waals surface area (Å²) in [5.74, 6) is 1.28. The zero-order chi connectivity index (χ0) is 13.0. The van der Waals surface area contributed by atoms with Crippen LogP contribution >= 0.6 is 0 Å². The second kappa shape index (κ2) is 5.46. The van der Waals surface area contributed by atoms with Crippen LogP contribution in [-0.4, -0.2) is 24.2 Å². The number of H-pyrrole nitrogens is 1. The maximum Gasteiger partial charge on any atom is 0.251 e. The Kier molecular flexibility index (Phi) is 3.74. The molecular formula is C13H14N2O3. The maximum absolute atomic E-state index is 11.5. The van der Waals surface area contributed by atoms with Gasteiger partial charge in [-0.3, -0.25) is 4.79 Å². The predicted molar refractivity (Wildman–Crippen MR) is 67.6 cm³/mol. The molecule has 0 radical (unpaired) electrons. The third-order valence-corrected chi connectivity index (χ3v) is 2.45. The number of ether oxygens (including phenoxy) is 2. The van der Waals surface area contributed by atoms with Crippen molar-refractivity contribution >= 4 is 0 Å². The van der Waals surface area contributed by atoms with Crippen LogP contribution in [0.1, 0.15) is 5.69 Å². The van der Waals surface area contributed by atoms with E-state index in [1.54, 1.807) is 14.2 Å². The molecular weight excluding hydrogens is 232 g/mol. The fraction of sp³-hybridized carbons (Fsp3) is 0.231. The zero-order valence-corrected chi connectivity index (χ0v) is 10.3. The molecule has 0 bridgehead atoms. The molecule has 0 unspecified atom stereocenters. The minimum atomic E-state index is -0.192. The third kappa shape index (κ3) is 2.75. The van der Waals surface area contributed by atoms with E-state index in [2.05, 4.69) is 9.97 Å². The Balaban J connectivity index is 2.39. The number of nitrogens with zero attached hydrogens (tertiary/aromatic N) is 1. The number of nitrogens with one attached hydrogen (secondary N) is 1. The molecule has 0 saturated heterocycles. The van der Waals surface area contributed by atoms with Crippen LogP contribution in [0.3, 0.4) is 0 Å². The summed E-state index contributed by atoms with van der Waals surface area (Å²) in [7, 11) is 3.17. The number of aromatic nitrogens is 2. The van der Waals surface area contributed by atoms with Crippen molar-refractivity contribution in [2.24, 2.45) is 0 Å². The highest BCUT2D eigenvalue weighted by atomic mass is 16.5. The van der Waals surface area contributed by atoms with Crippen molar-refractivity contribution in [3.05, 3.63) is 46.4 Å². The highest BCUT2D eigenvalue weighted by molar-refractivity contribution is 5.56. The molecule has 0 aliphatic carbocycles. The third-order valence-electron chi connectivity index (χ3n) is 2.45. The summed E-state index contributed by atoms with van der Waals surface area (Å²) in [5.41, 5.74) is 1.24. The normalized spacial score (nSPS) is 10.3. The Hall–Kier alpha value is -2.14. The number of benzene rings is 1. The summed E-state index contributed by atoms with van der Waals surface area (Å²) in [5, 5.41) is 0. The van der Waals surface area contributed by atoms with E-state index in [1.807, 2.05) is 24.3 Å². The van der Waals surface area contributed by atoms with Gasteiger partial charge in [0.05, 0.1) is 19.4 Å². The lowest BCUT2D eigenvalue weighted by molar-refractivity contribution is 0.181. The molecule has 5 nitrogen and oxygen atoms in total. The van der Waals surface area contributed by atoms with Crippen molar-refractivity contribution in [1.29, 1.82) is 0 Å². The van der Waals surface area contributed by atoms with E-state index < -0.39 is 0 Å². The lowest BCUT2D eigenvalue weighted by atomic mass is 10.2. The van der Waals surface area contributed by atoms with Crippen LogP contribution in [0, 0.1) is 0 Å². The Morgan fingerprint density at radius 3 is 2.56 bits per heavy atom. The van der Waals surface area contributed by atoms with Crippen molar-refractivity contribution in [2.75, 3.05) is 14.2 Å². The van der Waals surface area contributed by atoms with Crippen LogP contribution in [0.25, 0.3) is 11.4 Å². The smallest absolute Gasteiger partial charge is 0.251 e. The van der Waals surface area contributed by atoms with Gasteiger partial charge in [0.25, 0.3) is 5.56 Å². The van der Waals surface area contributed by atoms with E-state index in [4.69, 9.17) is 9.47 Å². The lowest BCUT2D eigenvalue weighted by Crippen LogP contribution is -2.10. The standard InChI is InChI=1S/C13H14N2O3/c1-17-8-10-7-12(16)15-13(14-10)9-3-5-11(18-2)6-4-9/h3-7H,8H2,1-2H3,(H,14,15,16). The predicted octanol–water partition coefficient (Wildman–Crippen LogP) is 1.59. The van der Waals surface area contributed by atoms with Gasteiger partial charge in [-0.1, -0.05) is 0 Å². The van der Waals surface area contributed by atoms with Gasteiger partial charge in [-0.15, -0.1) is 0 Å². The Morgan fingerprint density at radius 2 is 1.94 bits per heavy atom. The number of hydrogen-bond donors (Lipinski definition) is 1. The van der Waals surface area contributed by atoms with Gasteiger partial charge in [0.15, 0.2) is 0 Å². The molecule has 2 rings (SSSR count). The minimum Gasteiger partial charge on any atom is -0.497 e. The molecule has 2 aromatic rings. The van der Waals surface area contributed by atoms with Gasteiger partial charge in [-0.05, 0) is 24.3 Å². The van der Waals surface area contributed by atoms with Crippen molar-refractivity contribution in [2.45, 2.75) is 6.61 Å². The van der Waals surface area contributed by atoms with Crippen molar-refractivity contribution < 1.29 is 9.47 Å². The molecule has 0 aliphatic rings. The summed E-state index contributed by atoms with van der Waals surface area (Å²) in [6.45, 7) is 0.313. The first-order chi connectivity index (χ1) is 8.72. The van der Waals surface area contributed by atoms with Crippen LogP contribution in [0.15, 0.2) is 35.1 Å². The van der Waals surface area contributed by atoms with Gasteiger partial charge in [-0.25, -0.2) is 4.98 Å². The molecule has 1 heterocycles. The monoisotopic (exact) mass is 246 g/mol. The molecule has 0 amide bonds. The number of rotatable bonds is 4. The quantitative estimate of drug-likeness (QED) is 0.889. The first-order valence-corrected chi connectivity index (χ1v) is 5.46. The van der Waals surface area contributed by atoms with Gasteiger partial charge in [-0.2, -0.15) is 0 Å². The largest absolute Gasteiger partial charge is 0.497 e. The molecule has 0 saturated carbocycles. The molecule has 18 heavy (non-hydrogen) atoms. The average molecular weight is 246 g/mol. The SMILES string of the molecule is COCc1cc(=O)[nH]c(-c2ccc(OC)cc2)n1. The Labute approximate surface area is 104 Å². The van der Waals surface area contributed by atoms with Crippen molar-refractivity contribution in [1.82, 2.24) is 9.97 Å². The second-order valence-electron chi connectivity index (χ2n) is 3.75. The van der Waals surface area contributed by atoms with Gasteiger partial charge >= 0.3 is 0 Å². The molecule has 0 spiro atoms. The molecule has 0 aliphatic heterocycles. The van der Waals surface area contributed by atoms with E-state index in [9.17, 15) is 4.79 Å². The molecule has 1 aromatic carbocycles. The average Bonchev–Trinajstić information content (AvgIpc) is 2.38. The molecule has 5 heteroatoms. The Bertz CT molecular complexity index is 576. The molecule has 0 fully saturated rings. The van der Waals surface area contributed by atoms with E-state index >= 15 is 0 Å². The van der Waals surface area contributed by atoms with Gasteiger partial charge in [0.2, 0.25) is 0 Å². The van der Waals surface area contributed by atoms with E-state index in [0.717, 1.165) is 11.3 Å². The van der Waals surface area contributed by atoms with Gasteiger partial charge in [0, 0.05) is 18.7 Å². The highest BCUT2D eigenvalue weighted by Gasteiger charge is 2.04. The fourth-order valence-electron chi connectivity index (χ4n) is 1.62. The summed E-state index contributed by atoms with van der Waals surface area (Å²) in [6, 6.07) is 8.74. The van der Waals surface area contributed by atoms with Crippen LogP contribution in [0.2, 0.25) is 0 Å². The topological polar surface area (TPSA) is 64.2 Å². The summed E-state index contributed by atoms with van der Waals surface area (Å²) < 4.78 is 10.1. The van der Waals surface area contributed by atoms with E-state index in [0.29, 0.717) is 18.1 Å². The zero-order valence-electron chi connectivity index (χ0n) is 10.3. The first-order valence-electron chi connectivity index (χ1n) is 5.46. The van der Waals surface area contributed by atoms with E-state index in [-0.39, 0.29) is 5.56 Å². The van der Waals surface area contributed by atoms with Crippen LogP contribution in [0.4, 0.5) is 0 Å². The molecule has 1 aromatic heterocycles.